The van der Waals surface area contributed by atoms with Gasteiger partial charge in [0.1, 0.15) is 0 Å². The SMILES string of the molecule is CCCCCCCCCCCCCCC[N+](CCC)(CCC)CCCCCCCCCCCCCCC.[Cl-]. The standard InChI is InChI=1S/C36H76N.ClH/c1-5-9-11-13-15-17-19-21-23-25-27-29-31-35-37(33-7-3,34-8-4)36-32-30-28-26-24-22-20-18-16-14-12-10-6-2;/h5-36H2,1-4H3;1H/q+1;/p-1. The van der Waals surface area contributed by atoms with E-state index < -0.39 is 0 Å². The molecule has 38 heavy (non-hydrogen) atoms. The number of nitrogens with zero attached hydrogens (tertiary/aromatic N) is 1. The number of rotatable bonds is 32. The van der Waals surface area contributed by atoms with Crippen molar-refractivity contribution in [3.63, 3.8) is 0 Å². The van der Waals surface area contributed by atoms with E-state index in [4.69, 9.17) is 0 Å². The molecule has 0 unspecified atom stereocenters. The molecule has 0 rings (SSSR count). The second-order valence-corrected chi connectivity index (χ2v) is 12.7. The van der Waals surface area contributed by atoms with Gasteiger partial charge in [0.05, 0.1) is 26.2 Å². The number of unbranched alkanes of at least 4 members (excludes halogenated alkanes) is 24. The van der Waals surface area contributed by atoms with Gasteiger partial charge in [-0.3, -0.25) is 0 Å². The van der Waals surface area contributed by atoms with Crippen LogP contribution in [0.15, 0.2) is 0 Å². The van der Waals surface area contributed by atoms with Crippen molar-refractivity contribution in [3.05, 3.63) is 0 Å². The van der Waals surface area contributed by atoms with Gasteiger partial charge >= 0.3 is 0 Å². The van der Waals surface area contributed by atoms with E-state index in [2.05, 4.69) is 27.7 Å². The van der Waals surface area contributed by atoms with E-state index >= 15 is 0 Å². The Morgan fingerprint density at radius 3 is 0.658 bits per heavy atom. The summed E-state index contributed by atoms with van der Waals surface area (Å²) in [5.41, 5.74) is 0. The molecule has 0 N–H and O–H groups in total. The molecule has 0 heterocycles. The first-order chi connectivity index (χ1) is 18.2. The zero-order chi connectivity index (χ0) is 27.1. The fourth-order valence-corrected chi connectivity index (χ4v) is 6.55. The lowest BCUT2D eigenvalue weighted by atomic mass is 10.0. The maximum absolute atomic E-state index is 2.41. The molecule has 0 radical (unpaired) electrons. The van der Waals surface area contributed by atoms with Crippen LogP contribution in [0.2, 0.25) is 0 Å². The number of halogens is 1. The Bertz CT molecular complexity index is 372. The fraction of sp³-hybridized carbons (Fsp3) is 1.00. The van der Waals surface area contributed by atoms with E-state index in [0.717, 1.165) is 0 Å². The van der Waals surface area contributed by atoms with Gasteiger partial charge in [-0.1, -0.05) is 169 Å². The minimum Gasteiger partial charge on any atom is -1.00 e. The van der Waals surface area contributed by atoms with Gasteiger partial charge < -0.3 is 16.9 Å². The second-order valence-electron chi connectivity index (χ2n) is 12.7. The fourth-order valence-electron chi connectivity index (χ4n) is 6.55. The minimum absolute atomic E-state index is 0. The predicted molar refractivity (Wildman–Crippen MR) is 172 cm³/mol. The molecule has 0 aliphatic carbocycles. The smallest absolute Gasteiger partial charge is 0.0786 e. The van der Waals surface area contributed by atoms with Crippen LogP contribution < -0.4 is 12.4 Å². The van der Waals surface area contributed by atoms with Gasteiger partial charge in [0.15, 0.2) is 0 Å². The molecule has 0 aromatic heterocycles. The van der Waals surface area contributed by atoms with Crippen LogP contribution in [0.5, 0.6) is 0 Å². The quantitative estimate of drug-likeness (QED) is 0.0570. The summed E-state index contributed by atoms with van der Waals surface area (Å²) >= 11 is 0. The highest BCUT2D eigenvalue weighted by molar-refractivity contribution is 4.53. The molecule has 0 fully saturated rings. The first-order valence-corrected chi connectivity index (χ1v) is 18.1. The molecule has 0 aromatic rings. The van der Waals surface area contributed by atoms with Crippen LogP contribution in [-0.4, -0.2) is 30.7 Å². The average molecular weight is 558 g/mol. The molecule has 0 amide bonds. The molecule has 0 saturated carbocycles. The number of hydrogen-bond donors (Lipinski definition) is 0. The summed E-state index contributed by atoms with van der Waals surface area (Å²) in [5.74, 6) is 0. The Hall–Kier alpha value is 0.250. The molecule has 1 nitrogen and oxygen atoms in total. The van der Waals surface area contributed by atoms with Crippen LogP contribution in [-0.2, 0) is 0 Å². The lowest BCUT2D eigenvalue weighted by molar-refractivity contribution is -0.928. The molecular formula is C36H76ClN. The lowest BCUT2D eigenvalue weighted by Gasteiger charge is -2.39. The summed E-state index contributed by atoms with van der Waals surface area (Å²) in [6, 6.07) is 0. The molecule has 0 saturated heterocycles. The Kier molecular flexibility index (Phi) is 35.6. The van der Waals surface area contributed by atoms with Crippen LogP contribution in [0.4, 0.5) is 0 Å². The van der Waals surface area contributed by atoms with E-state index in [9.17, 15) is 0 Å². The summed E-state index contributed by atoms with van der Waals surface area (Å²) in [5, 5.41) is 0. The monoisotopic (exact) mass is 558 g/mol. The molecule has 0 aliphatic heterocycles. The summed E-state index contributed by atoms with van der Waals surface area (Å²) in [6.07, 6.45) is 40.9. The molecule has 0 spiro atoms. The largest absolute Gasteiger partial charge is 1.00 e. The van der Waals surface area contributed by atoms with Crippen LogP contribution in [0.1, 0.15) is 207 Å². The highest BCUT2D eigenvalue weighted by Gasteiger charge is 2.24. The zero-order valence-corrected chi connectivity index (χ0v) is 28.2. The molecular weight excluding hydrogens is 482 g/mol. The molecule has 0 bridgehead atoms. The van der Waals surface area contributed by atoms with Crippen LogP contribution in [0.3, 0.4) is 0 Å². The predicted octanol–water partition coefficient (Wildman–Crippen LogP) is 9.81. The molecule has 0 aliphatic rings. The van der Waals surface area contributed by atoms with E-state index in [1.807, 2.05) is 0 Å². The molecule has 0 atom stereocenters. The van der Waals surface area contributed by atoms with Crippen molar-refractivity contribution in [3.8, 4) is 0 Å². The van der Waals surface area contributed by atoms with Crippen molar-refractivity contribution in [1.82, 2.24) is 0 Å². The summed E-state index contributed by atoms with van der Waals surface area (Å²) < 4.78 is 1.43. The van der Waals surface area contributed by atoms with Crippen molar-refractivity contribution in [2.45, 2.75) is 207 Å². The maximum atomic E-state index is 2.41. The first-order valence-electron chi connectivity index (χ1n) is 18.1. The molecule has 232 valence electrons. The van der Waals surface area contributed by atoms with Crippen LogP contribution >= 0.6 is 0 Å². The third-order valence-corrected chi connectivity index (χ3v) is 8.87. The van der Waals surface area contributed by atoms with Gasteiger partial charge in [0.2, 0.25) is 0 Å². The number of quaternary nitrogens is 1. The van der Waals surface area contributed by atoms with E-state index in [1.165, 1.54) is 210 Å². The Labute approximate surface area is 250 Å². The van der Waals surface area contributed by atoms with E-state index in [1.54, 1.807) is 0 Å². The van der Waals surface area contributed by atoms with Crippen molar-refractivity contribution >= 4 is 0 Å². The van der Waals surface area contributed by atoms with Gasteiger partial charge in [0, 0.05) is 0 Å². The first kappa shape index (κ1) is 40.4. The topological polar surface area (TPSA) is 0 Å². The maximum Gasteiger partial charge on any atom is 0.0786 e. The van der Waals surface area contributed by atoms with Gasteiger partial charge in [0.25, 0.3) is 0 Å². The van der Waals surface area contributed by atoms with Crippen LogP contribution in [0, 0.1) is 0 Å². The summed E-state index contributed by atoms with van der Waals surface area (Å²) in [7, 11) is 0. The second kappa shape index (κ2) is 33.5. The third-order valence-electron chi connectivity index (χ3n) is 8.87. The normalized spacial score (nSPS) is 11.7. The Morgan fingerprint density at radius 1 is 0.237 bits per heavy atom. The number of hydrogen-bond acceptors (Lipinski definition) is 0. The van der Waals surface area contributed by atoms with Gasteiger partial charge in [-0.05, 0) is 38.5 Å². The van der Waals surface area contributed by atoms with Gasteiger partial charge in [-0.25, -0.2) is 0 Å². The van der Waals surface area contributed by atoms with Crippen molar-refractivity contribution in [2.75, 3.05) is 26.2 Å². The van der Waals surface area contributed by atoms with Gasteiger partial charge in [-0.15, -0.1) is 0 Å². The summed E-state index contributed by atoms with van der Waals surface area (Å²) in [4.78, 5) is 0. The highest BCUT2D eigenvalue weighted by Crippen LogP contribution is 2.19. The molecule has 0 aromatic carbocycles. The lowest BCUT2D eigenvalue weighted by Crippen LogP contribution is -3.00. The van der Waals surface area contributed by atoms with E-state index in [-0.39, 0.29) is 12.4 Å². The van der Waals surface area contributed by atoms with Crippen LogP contribution in [0.25, 0.3) is 0 Å². The van der Waals surface area contributed by atoms with Crippen molar-refractivity contribution in [1.29, 1.82) is 0 Å². The van der Waals surface area contributed by atoms with Crippen molar-refractivity contribution in [2.24, 2.45) is 0 Å². The zero-order valence-electron chi connectivity index (χ0n) is 27.5. The summed E-state index contributed by atoms with van der Waals surface area (Å²) in [6.45, 7) is 15.2. The van der Waals surface area contributed by atoms with Gasteiger partial charge in [-0.2, -0.15) is 0 Å². The third kappa shape index (κ3) is 27.8. The van der Waals surface area contributed by atoms with Crippen molar-refractivity contribution < 1.29 is 16.9 Å². The van der Waals surface area contributed by atoms with E-state index in [0.29, 0.717) is 0 Å². The molecule has 2 heteroatoms. The Balaban J connectivity index is 0. The average Bonchev–Trinajstić information content (AvgIpc) is 2.90. The Morgan fingerprint density at radius 2 is 0.447 bits per heavy atom. The highest BCUT2D eigenvalue weighted by atomic mass is 35.5. The minimum atomic E-state index is 0.